The second kappa shape index (κ2) is 4.32. The van der Waals surface area contributed by atoms with Crippen LogP contribution in [0, 0.1) is 5.63 Å². The minimum atomic E-state index is -0.161. The molecule has 0 fully saturated rings. The Morgan fingerprint density at radius 1 is 1.46 bits per heavy atom. The molecular formula is C10H11O2P. The van der Waals surface area contributed by atoms with Crippen LogP contribution in [0.2, 0.25) is 0 Å². The Morgan fingerprint density at radius 2 is 2.15 bits per heavy atom. The fraction of sp³-hybridized carbons (Fsp3) is 0.300. The van der Waals surface area contributed by atoms with Crippen LogP contribution in [0.1, 0.15) is 30.9 Å². The maximum atomic E-state index is 10.2. The first-order chi connectivity index (χ1) is 6.15. The van der Waals surface area contributed by atoms with Gasteiger partial charge < -0.3 is 0 Å². The molecule has 13 heavy (non-hydrogen) atoms. The van der Waals surface area contributed by atoms with E-state index in [0.717, 1.165) is 5.56 Å². The minimum absolute atomic E-state index is 0.161. The molecule has 0 atom stereocenters. The SMILES string of the molecule is CC(C)c1ccc(C#P=O)cc1O. The van der Waals surface area contributed by atoms with E-state index in [-0.39, 0.29) is 13.7 Å². The number of rotatable bonds is 1. The third-order valence-corrected chi connectivity index (χ3v) is 2.18. The molecule has 0 radical (unpaired) electrons. The normalized spacial score (nSPS) is 9.77. The van der Waals surface area contributed by atoms with E-state index in [0.29, 0.717) is 11.5 Å². The van der Waals surface area contributed by atoms with Gasteiger partial charge in [-0.15, -0.1) is 0 Å². The molecule has 0 bridgehead atoms. The van der Waals surface area contributed by atoms with Crippen LogP contribution in [0.5, 0.6) is 5.75 Å². The summed E-state index contributed by atoms with van der Waals surface area (Å²) in [5.74, 6) is 0.530. The summed E-state index contributed by atoms with van der Waals surface area (Å²) in [4.78, 5) is 0. The second-order valence-corrected chi connectivity index (χ2v) is 3.54. The Morgan fingerprint density at radius 3 is 2.62 bits per heavy atom. The average molecular weight is 194 g/mol. The topological polar surface area (TPSA) is 37.3 Å². The van der Waals surface area contributed by atoms with Crippen molar-refractivity contribution in [2.24, 2.45) is 0 Å². The second-order valence-electron chi connectivity index (χ2n) is 3.13. The summed E-state index contributed by atoms with van der Waals surface area (Å²) >= 11 is 0. The van der Waals surface area contributed by atoms with E-state index in [1.54, 1.807) is 12.1 Å². The molecule has 0 aliphatic heterocycles. The molecule has 0 heterocycles. The molecule has 0 saturated carbocycles. The standard InChI is InChI=1S/C10H11O2P/c1-7(2)9-4-3-8(6-13-12)5-10(9)11/h3-5,7,11H,1-2H3. The molecule has 0 spiro atoms. The third kappa shape index (κ3) is 2.48. The first-order valence-corrected chi connectivity index (χ1v) is 4.87. The summed E-state index contributed by atoms with van der Waals surface area (Å²) in [5.41, 5.74) is 4.12. The van der Waals surface area contributed by atoms with Gasteiger partial charge in [-0.2, -0.15) is 0 Å². The molecule has 0 aromatic heterocycles. The monoisotopic (exact) mass is 194 g/mol. The molecule has 1 N–H and O–H groups in total. The Bertz CT molecular complexity index is 404. The molecule has 0 unspecified atom stereocenters. The van der Waals surface area contributed by atoms with Gasteiger partial charge in [-0.05, 0) is 0 Å². The number of benzene rings is 1. The van der Waals surface area contributed by atoms with Gasteiger partial charge in [-0.1, -0.05) is 0 Å². The van der Waals surface area contributed by atoms with Gasteiger partial charge in [-0.3, -0.25) is 0 Å². The van der Waals surface area contributed by atoms with E-state index >= 15 is 0 Å². The summed E-state index contributed by atoms with van der Waals surface area (Å²) in [6.45, 7) is 4.02. The van der Waals surface area contributed by atoms with Crippen molar-refractivity contribution < 1.29 is 9.67 Å². The molecule has 3 heteroatoms. The first kappa shape index (κ1) is 10.1. The van der Waals surface area contributed by atoms with Gasteiger partial charge in [0.2, 0.25) is 0 Å². The molecule has 2 nitrogen and oxygen atoms in total. The van der Waals surface area contributed by atoms with Crippen LogP contribution in [-0.2, 0) is 4.57 Å². The predicted molar refractivity (Wildman–Crippen MR) is 52.8 cm³/mol. The molecule has 1 aromatic carbocycles. The van der Waals surface area contributed by atoms with E-state index in [1.165, 1.54) is 0 Å². The van der Waals surface area contributed by atoms with Crippen molar-refractivity contribution in [3.8, 4) is 11.4 Å². The van der Waals surface area contributed by atoms with E-state index in [4.69, 9.17) is 0 Å². The van der Waals surface area contributed by atoms with Gasteiger partial charge in [0.05, 0.1) is 0 Å². The molecule has 0 aliphatic carbocycles. The van der Waals surface area contributed by atoms with Gasteiger partial charge in [0.25, 0.3) is 0 Å². The molecule has 0 saturated heterocycles. The van der Waals surface area contributed by atoms with Crippen LogP contribution in [0.15, 0.2) is 18.2 Å². The number of hydrogen-bond acceptors (Lipinski definition) is 2. The molecule has 0 aliphatic rings. The quantitative estimate of drug-likeness (QED) is 0.697. The fourth-order valence-corrected chi connectivity index (χ4v) is 1.40. The van der Waals surface area contributed by atoms with Gasteiger partial charge in [0.15, 0.2) is 0 Å². The fourth-order valence-electron chi connectivity index (χ4n) is 1.15. The van der Waals surface area contributed by atoms with E-state index in [2.05, 4.69) is 5.63 Å². The van der Waals surface area contributed by atoms with Crippen molar-refractivity contribution in [3.63, 3.8) is 0 Å². The summed E-state index contributed by atoms with van der Waals surface area (Å²) in [7, 11) is -0.161. The molecule has 1 aromatic rings. The van der Waals surface area contributed by atoms with Crippen LogP contribution in [0.3, 0.4) is 0 Å². The zero-order valence-electron chi connectivity index (χ0n) is 7.61. The van der Waals surface area contributed by atoms with E-state index in [1.807, 2.05) is 19.9 Å². The van der Waals surface area contributed by atoms with Crippen molar-refractivity contribution in [1.29, 1.82) is 0 Å². The molecule has 1 rings (SSSR count). The van der Waals surface area contributed by atoms with Gasteiger partial charge >= 0.3 is 78.1 Å². The molecular weight excluding hydrogens is 183 g/mol. The summed E-state index contributed by atoms with van der Waals surface area (Å²) < 4.78 is 10.2. The number of phenols is 1. The summed E-state index contributed by atoms with van der Waals surface area (Å²) in [5, 5.41) is 9.54. The van der Waals surface area contributed by atoms with Gasteiger partial charge in [-0.25, -0.2) is 0 Å². The predicted octanol–water partition coefficient (Wildman–Crippen LogP) is 3.11. The Labute approximate surface area is 78.7 Å². The average Bonchev–Trinajstić information content (AvgIpc) is 2.04. The van der Waals surface area contributed by atoms with Crippen molar-refractivity contribution >= 4 is 7.92 Å². The number of aromatic hydroxyl groups is 1. The zero-order valence-corrected chi connectivity index (χ0v) is 8.51. The van der Waals surface area contributed by atoms with Gasteiger partial charge in [0, 0.05) is 0 Å². The first-order valence-electron chi connectivity index (χ1n) is 4.06. The summed E-state index contributed by atoms with van der Waals surface area (Å²) in [6.07, 6.45) is 0. The van der Waals surface area contributed by atoms with Crippen LogP contribution in [-0.4, -0.2) is 5.11 Å². The zero-order chi connectivity index (χ0) is 9.84. The Kier molecular flexibility index (Phi) is 3.36. The van der Waals surface area contributed by atoms with Crippen LogP contribution < -0.4 is 0 Å². The van der Waals surface area contributed by atoms with Crippen molar-refractivity contribution in [2.45, 2.75) is 19.8 Å². The maximum absolute atomic E-state index is 10.2. The molecule has 68 valence electrons. The van der Waals surface area contributed by atoms with E-state index < -0.39 is 0 Å². The molecule has 0 amide bonds. The van der Waals surface area contributed by atoms with Crippen molar-refractivity contribution in [3.05, 3.63) is 29.3 Å². The number of phenolic OH excluding ortho intramolecular Hbond substituents is 1. The van der Waals surface area contributed by atoms with Crippen LogP contribution in [0.4, 0.5) is 0 Å². The van der Waals surface area contributed by atoms with Crippen molar-refractivity contribution in [2.75, 3.05) is 0 Å². The van der Waals surface area contributed by atoms with Crippen molar-refractivity contribution in [1.82, 2.24) is 0 Å². The number of hydrogen-bond donors (Lipinski definition) is 1. The van der Waals surface area contributed by atoms with E-state index in [9.17, 15) is 9.67 Å². The Balaban J connectivity index is 3.17. The van der Waals surface area contributed by atoms with Crippen LogP contribution in [0.25, 0.3) is 0 Å². The Hall–Kier alpha value is -0.970. The summed E-state index contributed by atoms with van der Waals surface area (Å²) in [6, 6.07) is 5.19. The third-order valence-electron chi connectivity index (χ3n) is 1.83. The van der Waals surface area contributed by atoms with Crippen LogP contribution >= 0.6 is 7.92 Å². The van der Waals surface area contributed by atoms with Gasteiger partial charge in [0.1, 0.15) is 0 Å².